The summed E-state index contributed by atoms with van der Waals surface area (Å²) in [7, 11) is 2.29. The number of hydrogen-bond donors (Lipinski definition) is 1. The summed E-state index contributed by atoms with van der Waals surface area (Å²) in [5.74, 6) is 0.994. The van der Waals surface area contributed by atoms with Gasteiger partial charge < -0.3 is 5.32 Å². The molecule has 0 saturated heterocycles. The lowest BCUT2D eigenvalue weighted by Gasteiger charge is -2.38. The first-order chi connectivity index (χ1) is 8.19. The maximum Gasteiger partial charge on any atom is 0.0192 e. The summed E-state index contributed by atoms with van der Waals surface area (Å²) in [6.45, 7) is 10.4. The molecule has 1 atom stereocenters. The van der Waals surface area contributed by atoms with E-state index in [0.29, 0.717) is 6.04 Å². The van der Waals surface area contributed by atoms with Crippen LogP contribution in [0.25, 0.3) is 0 Å². The van der Waals surface area contributed by atoms with Crippen molar-refractivity contribution in [3.63, 3.8) is 0 Å². The first-order valence-electron chi connectivity index (χ1n) is 7.22. The van der Waals surface area contributed by atoms with E-state index in [1.54, 1.807) is 0 Å². The zero-order chi connectivity index (χ0) is 12.7. The highest BCUT2D eigenvalue weighted by molar-refractivity contribution is 4.81. The minimum atomic E-state index is 0.623. The van der Waals surface area contributed by atoms with Crippen molar-refractivity contribution in [2.45, 2.75) is 58.0 Å². The highest BCUT2D eigenvalue weighted by atomic mass is 15.2. The molecule has 0 amide bonds. The van der Waals surface area contributed by atoms with Crippen LogP contribution in [0.5, 0.6) is 0 Å². The molecule has 1 aliphatic carbocycles. The second-order valence-corrected chi connectivity index (χ2v) is 5.54. The fraction of sp³-hybridized carbons (Fsp3) is 0.867. The second kappa shape index (κ2) is 7.88. The topological polar surface area (TPSA) is 15.3 Å². The SMILES string of the molecule is C=CCNCC(C)N(C)C1CCC(CC)CC1. The maximum absolute atomic E-state index is 3.73. The van der Waals surface area contributed by atoms with Gasteiger partial charge in [-0.1, -0.05) is 19.4 Å². The molecule has 17 heavy (non-hydrogen) atoms. The lowest BCUT2D eigenvalue weighted by molar-refractivity contribution is 0.126. The second-order valence-electron chi connectivity index (χ2n) is 5.54. The maximum atomic E-state index is 3.73. The van der Waals surface area contributed by atoms with E-state index in [4.69, 9.17) is 0 Å². The minimum Gasteiger partial charge on any atom is -0.312 e. The summed E-state index contributed by atoms with van der Waals surface area (Å²) in [5.41, 5.74) is 0. The van der Waals surface area contributed by atoms with E-state index in [2.05, 4.69) is 37.7 Å². The van der Waals surface area contributed by atoms with E-state index in [-0.39, 0.29) is 0 Å². The number of hydrogen-bond acceptors (Lipinski definition) is 2. The van der Waals surface area contributed by atoms with Crippen LogP contribution in [0.3, 0.4) is 0 Å². The van der Waals surface area contributed by atoms with Crippen molar-refractivity contribution >= 4 is 0 Å². The van der Waals surface area contributed by atoms with Crippen molar-refractivity contribution in [3.8, 4) is 0 Å². The van der Waals surface area contributed by atoms with Crippen molar-refractivity contribution in [2.75, 3.05) is 20.1 Å². The van der Waals surface area contributed by atoms with Gasteiger partial charge in [0, 0.05) is 25.2 Å². The fourth-order valence-corrected chi connectivity index (χ4v) is 2.86. The zero-order valence-corrected chi connectivity index (χ0v) is 11.9. The van der Waals surface area contributed by atoms with Gasteiger partial charge in [0.1, 0.15) is 0 Å². The van der Waals surface area contributed by atoms with E-state index in [0.717, 1.165) is 25.0 Å². The Kier molecular flexibility index (Phi) is 6.83. The summed E-state index contributed by atoms with van der Waals surface area (Å²) in [6, 6.07) is 1.43. The third-order valence-corrected chi connectivity index (χ3v) is 4.39. The Bertz CT molecular complexity index is 207. The Morgan fingerprint density at radius 2 is 2.00 bits per heavy atom. The van der Waals surface area contributed by atoms with Gasteiger partial charge in [-0.3, -0.25) is 4.90 Å². The molecule has 100 valence electrons. The quantitative estimate of drug-likeness (QED) is 0.542. The summed E-state index contributed by atoms with van der Waals surface area (Å²) < 4.78 is 0. The van der Waals surface area contributed by atoms with Crippen molar-refractivity contribution < 1.29 is 0 Å². The van der Waals surface area contributed by atoms with Crippen LogP contribution in [-0.4, -0.2) is 37.1 Å². The van der Waals surface area contributed by atoms with E-state index < -0.39 is 0 Å². The third kappa shape index (κ3) is 4.81. The van der Waals surface area contributed by atoms with Crippen molar-refractivity contribution in [1.82, 2.24) is 10.2 Å². The van der Waals surface area contributed by atoms with Crippen molar-refractivity contribution in [3.05, 3.63) is 12.7 Å². The molecule has 1 N–H and O–H groups in total. The van der Waals surface area contributed by atoms with Crippen LogP contribution < -0.4 is 5.32 Å². The van der Waals surface area contributed by atoms with Crippen molar-refractivity contribution in [2.24, 2.45) is 5.92 Å². The van der Waals surface area contributed by atoms with Crippen LogP contribution in [0.2, 0.25) is 0 Å². The Morgan fingerprint density at radius 3 is 2.53 bits per heavy atom. The third-order valence-electron chi connectivity index (χ3n) is 4.39. The van der Waals surface area contributed by atoms with Gasteiger partial charge in [0.15, 0.2) is 0 Å². The molecule has 1 rings (SSSR count). The molecule has 1 fully saturated rings. The van der Waals surface area contributed by atoms with Gasteiger partial charge in [0.2, 0.25) is 0 Å². The van der Waals surface area contributed by atoms with Gasteiger partial charge in [-0.2, -0.15) is 0 Å². The monoisotopic (exact) mass is 238 g/mol. The fourth-order valence-electron chi connectivity index (χ4n) is 2.86. The van der Waals surface area contributed by atoms with E-state index in [1.807, 2.05) is 6.08 Å². The summed E-state index contributed by atoms with van der Waals surface area (Å²) >= 11 is 0. The predicted octanol–water partition coefficient (Wildman–Crippen LogP) is 3.05. The highest BCUT2D eigenvalue weighted by Crippen LogP contribution is 2.29. The number of nitrogens with one attached hydrogen (secondary N) is 1. The first-order valence-corrected chi connectivity index (χ1v) is 7.22. The summed E-state index contributed by atoms with van der Waals surface area (Å²) in [5, 5.41) is 3.42. The molecule has 0 aromatic rings. The number of nitrogens with zero attached hydrogens (tertiary/aromatic N) is 1. The van der Waals surface area contributed by atoms with Gasteiger partial charge in [-0.25, -0.2) is 0 Å². The van der Waals surface area contributed by atoms with E-state index >= 15 is 0 Å². The molecule has 0 bridgehead atoms. The summed E-state index contributed by atoms with van der Waals surface area (Å²) in [4.78, 5) is 2.57. The predicted molar refractivity (Wildman–Crippen MR) is 76.3 cm³/mol. The Labute approximate surface area is 107 Å². The molecule has 1 aliphatic rings. The lowest BCUT2D eigenvalue weighted by atomic mass is 9.84. The molecule has 0 aliphatic heterocycles. The number of rotatable bonds is 7. The molecule has 1 unspecified atom stereocenters. The van der Waals surface area contributed by atoms with E-state index in [9.17, 15) is 0 Å². The molecule has 2 nitrogen and oxygen atoms in total. The first kappa shape index (κ1) is 14.7. The van der Waals surface area contributed by atoms with Crippen LogP contribution in [0.4, 0.5) is 0 Å². The van der Waals surface area contributed by atoms with Crippen molar-refractivity contribution in [1.29, 1.82) is 0 Å². The van der Waals surface area contributed by atoms with Gasteiger partial charge >= 0.3 is 0 Å². The molecular formula is C15H30N2. The molecule has 1 saturated carbocycles. The van der Waals surface area contributed by atoms with Gasteiger partial charge in [-0.15, -0.1) is 6.58 Å². The standard InChI is InChI=1S/C15H30N2/c1-5-11-16-12-13(3)17(4)15-9-7-14(6-2)8-10-15/h5,13-16H,1,6-12H2,2-4H3. The molecule has 0 spiro atoms. The molecule has 0 heterocycles. The van der Waals surface area contributed by atoms with Crippen LogP contribution in [0.1, 0.15) is 46.0 Å². The Balaban J connectivity index is 2.26. The largest absolute Gasteiger partial charge is 0.312 e. The molecule has 2 heteroatoms. The average Bonchev–Trinajstić information content (AvgIpc) is 2.38. The van der Waals surface area contributed by atoms with Gasteiger partial charge in [0.05, 0.1) is 0 Å². The van der Waals surface area contributed by atoms with Crippen LogP contribution in [0.15, 0.2) is 12.7 Å². The number of likely N-dealkylation sites (N-methyl/N-ethyl adjacent to an activating group) is 1. The Hall–Kier alpha value is -0.340. The van der Waals surface area contributed by atoms with Gasteiger partial charge in [0.25, 0.3) is 0 Å². The molecule has 0 radical (unpaired) electrons. The normalized spacial score (nSPS) is 27.1. The summed E-state index contributed by atoms with van der Waals surface area (Å²) in [6.07, 6.45) is 8.93. The van der Waals surface area contributed by atoms with Crippen LogP contribution in [-0.2, 0) is 0 Å². The zero-order valence-electron chi connectivity index (χ0n) is 11.9. The van der Waals surface area contributed by atoms with E-state index in [1.165, 1.54) is 32.1 Å². The molecule has 0 aromatic heterocycles. The highest BCUT2D eigenvalue weighted by Gasteiger charge is 2.25. The van der Waals surface area contributed by atoms with Crippen LogP contribution in [0, 0.1) is 5.92 Å². The van der Waals surface area contributed by atoms with Crippen LogP contribution >= 0.6 is 0 Å². The average molecular weight is 238 g/mol. The smallest absolute Gasteiger partial charge is 0.0192 e. The van der Waals surface area contributed by atoms with Gasteiger partial charge in [-0.05, 0) is 45.6 Å². The minimum absolute atomic E-state index is 0.623. The lowest BCUT2D eigenvalue weighted by Crippen LogP contribution is -2.45. The molecule has 0 aromatic carbocycles. The molecular weight excluding hydrogens is 208 g/mol. The Morgan fingerprint density at radius 1 is 1.35 bits per heavy atom.